The molecule has 0 aromatic heterocycles. The van der Waals surface area contributed by atoms with Crippen molar-refractivity contribution in [3.05, 3.63) is 12.2 Å². The second-order valence-corrected chi connectivity index (χ2v) is 3.35. The van der Waals surface area contributed by atoms with Crippen LogP contribution in [-0.4, -0.2) is 22.9 Å². The second kappa shape index (κ2) is 1.62. The first-order valence-corrected chi connectivity index (χ1v) is 3.68. The van der Waals surface area contributed by atoms with Gasteiger partial charge in [-0.05, 0) is 13.3 Å². The van der Waals surface area contributed by atoms with Gasteiger partial charge in [-0.3, -0.25) is 4.79 Å². The highest BCUT2D eigenvalue weighted by atomic mass is 16.2. The molecule has 0 aromatic rings. The van der Waals surface area contributed by atoms with Crippen molar-refractivity contribution >= 4 is 5.91 Å². The molecule has 2 heteroatoms. The van der Waals surface area contributed by atoms with Crippen LogP contribution < -0.4 is 0 Å². The van der Waals surface area contributed by atoms with Crippen molar-refractivity contribution in [3.63, 3.8) is 0 Å². The zero-order valence-corrected chi connectivity index (χ0v) is 6.13. The number of rotatable bonds is 0. The molecular formula is C8H11NO. The maximum Gasteiger partial charge on any atom is 0.225 e. The third-order valence-electron chi connectivity index (χ3n) is 2.50. The monoisotopic (exact) mass is 137 g/mol. The molecule has 1 saturated heterocycles. The van der Waals surface area contributed by atoms with Gasteiger partial charge in [0.05, 0.1) is 12.0 Å². The fourth-order valence-corrected chi connectivity index (χ4v) is 1.75. The molecule has 0 aromatic carbocycles. The third kappa shape index (κ3) is 0.564. The van der Waals surface area contributed by atoms with Gasteiger partial charge < -0.3 is 4.90 Å². The highest BCUT2D eigenvalue weighted by Crippen LogP contribution is 2.36. The fourth-order valence-electron chi connectivity index (χ4n) is 1.75. The average Bonchev–Trinajstić information content (AvgIpc) is 1.86. The van der Waals surface area contributed by atoms with E-state index in [1.807, 2.05) is 4.90 Å². The van der Waals surface area contributed by atoms with Gasteiger partial charge in [0.2, 0.25) is 5.91 Å². The summed E-state index contributed by atoms with van der Waals surface area (Å²) in [6, 6.07) is 0. The minimum atomic E-state index is 0.186. The first kappa shape index (κ1) is 5.96. The van der Waals surface area contributed by atoms with E-state index in [1.54, 1.807) is 0 Å². The Hall–Kier alpha value is -0.790. The van der Waals surface area contributed by atoms with Crippen molar-refractivity contribution in [3.8, 4) is 0 Å². The number of amides is 1. The Kier molecular flexibility index (Phi) is 0.967. The summed E-state index contributed by atoms with van der Waals surface area (Å²) in [5.41, 5.74) is 0.186. The number of fused-ring (bicyclic) bond motifs is 1. The smallest absolute Gasteiger partial charge is 0.225 e. The van der Waals surface area contributed by atoms with Gasteiger partial charge in [-0.25, -0.2) is 0 Å². The van der Waals surface area contributed by atoms with Crippen LogP contribution in [0.5, 0.6) is 0 Å². The summed E-state index contributed by atoms with van der Waals surface area (Å²) in [6.45, 7) is 2.98. The lowest BCUT2D eigenvalue weighted by atomic mass is 9.81. The van der Waals surface area contributed by atoms with Crippen molar-refractivity contribution < 1.29 is 4.79 Å². The molecule has 0 radical (unpaired) electrons. The summed E-state index contributed by atoms with van der Waals surface area (Å²) < 4.78 is 0. The molecule has 0 aliphatic carbocycles. The van der Waals surface area contributed by atoms with E-state index in [0.29, 0.717) is 5.91 Å². The number of nitrogens with zero attached hydrogens (tertiary/aromatic N) is 1. The quantitative estimate of drug-likeness (QED) is 0.359. The van der Waals surface area contributed by atoms with E-state index in [4.69, 9.17) is 0 Å². The van der Waals surface area contributed by atoms with Crippen LogP contribution in [0.25, 0.3) is 0 Å². The van der Waals surface area contributed by atoms with Crippen LogP contribution in [0.1, 0.15) is 19.8 Å². The molecule has 2 aliphatic heterocycles. The lowest BCUT2D eigenvalue weighted by Crippen LogP contribution is -2.62. The molecular weight excluding hydrogens is 126 g/mol. The Balaban J connectivity index is 2.23. The zero-order chi connectivity index (χ0) is 7.19. The summed E-state index contributed by atoms with van der Waals surface area (Å²) in [5, 5.41) is 0. The van der Waals surface area contributed by atoms with E-state index in [9.17, 15) is 4.79 Å². The fraction of sp³-hybridized carbons (Fsp3) is 0.625. The number of β-lactam (4-membered cyclic amide) rings is 1. The predicted molar refractivity (Wildman–Crippen MR) is 38.5 cm³/mol. The molecule has 1 atom stereocenters. The Morgan fingerprint density at radius 2 is 2.40 bits per heavy atom. The van der Waals surface area contributed by atoms with Crippen molar-refractivity contribution in [1.29, 1.82) is 0 Å². The Labute approximate surface area is 60.5 Å². The van der Waals surface area contributed by atoms with E-state index in [-0.39, 0.29) is 5.54 Å². The summed E-state index contributed by atoms with van der Waals surface area (Å²) in [4.78, 5) is 12.9. The van der Waals surface area contributed by atoms with Crippen molar-refractivity contribution in [2.75, 3.05) is 6.54 Å². The maximum atomic E-state index is 11.0. The van der Waals surface area contributed by atoms with Crippen LogP contribution in [0.3, 0.4) is 0 Å². The van der Waals surface area contributed by atoms with Gasteiger partial charge in [-0.15, -0.1) is 0 Å². The molecule has 2 nitrogen and oxygen atoms in total. The molecule has 2 rings (SSSR count). The molecule has 1 fully saturated rings. The van der Waals surface area contributed by atoms with Crippen LogP contribution in [0.2, 0.25) is 0 Å². The molecule has 2 aliphatic rings. The lowest BCUT2D eigenvalue weighted by Gasteiger charge is -2.51. The molecule has 1 unspecified atom stereocenters. The van der Waals surface area contributed by atoms with Gasteiger partial charge in [-0.2, -0.15) is 0 Å². The van der Waals surface area contributed by atoms with E-state index in [1.165, 1.54) is 0 Å². The van der Waals surface area contributed by atoms with Crippen LogP contribution in [0.15, 0.2) is 12.2 Å². The Morgan fingerprint density at radius 1 is 1.60 bits per heavy atom. The van der Waals surface area contributed by atoms with Gasteiger partial charge in [0.25, 0.3) is 0 Å². The molecule has 1 amide bonds. The Morgan fingerprint density at radius 3 is 2.90 bits per heavy atom. The minimum absolute atomic E-state index is 0.186. The third-order valence-corrected chi connectivity index (χ3v) is 2.50. The molecule has 0 saturated carbocycles. The minimum Gasteiger partial charge on any atom is -0.333 e. The summed E-state index contributed by atoms with van der Waals surface area (Å²) in [7, 11) is 0. The summed E-state index contributed by atoms with van der Waals surface area (Å²) in [6.07, 6.45) is 6.03. The summed E-state index contributed by atoms with van der Waals surface area (Å²) in [5.74, 6) is 0.312. The maximum absolute atomic E-state index is 11.0. The van der Waals surface area contributed by atoms with Crippen molar-refractivity contribution in [1.82, 2.24) is 4.90 Å². The second-order valence-electron chi connectivity index (χ2n) is 3.35. The van der Waals surface area contributed by atoms with Gasteiger partial charge in [-0.1, -0.05) is 12.2 Å². The van der Waals surface area contributed by atoms with Gasteiger partial charge >= 0.3 is 0 Å². The average molecular weight is 137 g/mol. The van der Waals surface area contributed by atoms with E-state index in [0.717, 1.165) is 19.4 Å². The van der Waals surface area contributed by atoms with Crippen LogP contribution in [0, 0.1) is 0 Å². The molecule has 0 bridgehead atoms. The van der Waals surface area contributed by atoms with E-state index in [2.05, 4.69) is 19.1 Å². The highest BCUT2D eigenvalue weighted by Gasteiger charge is 2.46. The van der Waals surface area contributed by atoms with E-state index < -0.39 is 0 Å². The number of carbonyl (C=O) groups excluding carboxylic acids is 1. The molecule has 0 N–H and O–H groups in total. The Bertz CT molecular complexity index is 209. The SMILES string of the molecule is CC12CC=CCN1C(=O)C2. The van der Waals surface area contributed by atoms with E-state index >= 15 is 0 Å². The van der Waals surface area contributed by atoms with Crippen LogP contribution >= 0.6 is 0 Å². The predicted octanol–water partition coefficient (Wildman–Crippen LogP) is 0.937. The molecule has 2 heterocycles. The van der Waals surface area contributed by atoms with Crippen LogP contribution in [0.4, 0.5) is 0 Å². The molecule has 10 heavy (non-hydrogen) atoms. The van der Waals surface area contributed by atoms with Crippen molar-refractivity contribution in [2.45, 2.75) is 25.3 Å². The highest BCUT2D eigenvalue weighted by molar-refractivity contribution is 5.85. The standard InChI is InChI=1S/C8H11NO/c1-8-4-2-3-5-9(8)7(10)6-8/h2-3H,4-6H2,1H3. The van der Waals surface area contributed by atoms with Gasteiger partial charge in [0.15, 0.2) is 0 Å². The molecule has 0 spiro atoms. The molecule has 54 valence electrons. The van der Waals surface area contributed by atoms with Gasteiger partial charge in [0, 0.05) is 6.54 Å². The number of carbonyl (C=O) groups is 1. The van der Waals surface area contributed by atoms with Crippen molar-refractivity contribution in [2.24, 2.45) is 0 Å². The van der Waals surface area contributed by atoms with Crippen LogP contribution in [-0.2, 0) is 4.79 Å². The first-order valence-electron chi connectivity index (χ1n) is 3.68. The van der Waals surface area contributed by atoms with Gasteiger partial charge in [0.1, 0.15) is 0 Å². The topological polar surface area (TPSA) is 20.3 Å². The number of hydrogen-bond donors (Lipinski definition) is 0. The lowest BCUT2D eigenvalue weighted by molar-refractivity contribution is -0.154. The zero-order valence-electron chi connectivity index (χ0n) is 6.13. The normalized spacial score (nSPS) is 37.3. The largest absolute Gasteiger partial charge is 0.333 e. The first-order chi connectivity index (χ1) is 4.72. The number of hydrogen-bond acceptors (Lipinski definition) is 1. The summed E-state index contributed by atoms with van der Waals surface area (Å²) >= 11 is 0.